The minimum absolute atomic E-state index is 0.0201. The van der Waals surface area contributed by atoms with Gasteiger partial charge in [-0.05, 0) is 67.4 Å². The highest BCUT2D eigenvalue weighted by atomic mass is 35.5. The minimum atomic E-state index is -4.38. The molecule has 1 aromatic heterocycles. The highest BCUT2D eigenvalue weighted by Crippen LogP contribution is 2.36. The van der Waals surface area contributed by atoms with Crippen molar-refractivity contribution in [3.05, 3.63) is 116 Å². The maximum absolute atomic E-state index is 14.6. The molecule has 53 heavy (non-hydrogen) atoms. The summed E-state index contributed by atoms with van der Waals surface area (Å²) in [6, 6.07) is 18.9. The zero-order valence-corrected chi connectivity index (χ0v) is 31.1. The Bertz CT molecular complexity index is 2430. The van der Waals surface area contributed by atoms with E-state index in [0.29, 0.717) is 23.4 Å². The predicted octanol–water partition coefficient (Wildman–Crippen LogP) is 7.37. The van der Waals surface area contributed by atoms with Crippen molar-refractivity contribution in [2.75, 3.05) is 17.1 Å². The molecule has 13 nitrogen and oxygen atoms in total. The molecule has 1 aliphatic rings. The molecule has 1 saturated heterocycles. The van der Waals surface area contributed by atoms with Crippen LogP contribution in [0.25, 0.3) is 16.6 Å². The molecule has 0 aliphatic carbocycles. The van der Waals surface area contributed by atoms with Gasteiger partial charge in [-0.3, -0.25) is 23.7 Å². The molecule has 0 spiro atoms. The van der Waals surface area contributed by atoms with Crippen LogP contribution in [0.1, 0.15) is 38.1 Å². The number of rotatable bonds is 12. The van der Waals surface area contributed by atoms with Gasteiger partial charge in [0, 0.05) is 0 Å². The zero-order chi connectivity index (χ0) is 38.0. The summed E-state index contributed by atoms with van der Waals surface area (Å²) in [5.41, 5.74) is -0.313. The molecule has 2 heterocycles. The number of hydrogen-bond donors (Lipinski definition) is 2. The van der Waals surface area contributed by atoms with Gasteiger partial charge in [0.1, 0.15) is 11.6 Å². The Morgan fingerprint density at radius 3 is 2.34 bits per heavy atom. The number of amides is 3. The maximum atomic E-state index is 14.6. The third-order valence-corrected chi connectivity index (χ3v) is 10.7. The third-order valence-electron chi connectivity index (χ3n) is 8.33. The van der Waals surface area contributed by atoms with Crippen LogP contribution in [-0.4, -0.2) is 54.0 Å². The van der Waals surface area contributed by atoms with Gasteiger partial charge in [-0.1, -0.05) is 78.5 Å². The Kier molecular flexibility index (Phi) is 11.0. The minimum Gasteiger partial charge on any atom is -0.495 e. The number of halogens is 3. The Labute approximate surface area is 318 Å². The molecule has 1 aliphatic heterocycles. The molecule has 4 aromatic carbocycles. The van der Waals surface area contributed by atoms with E-state index in [-0.39, 0.29) is 60.2 Å². The molecule has 3 amide bonds. The Balaban J connectivity index is 1.49. The van der Waals surface area contributed by atoms with Crippen molar-refractivity contribution < 1.29 is 32.3 Å². The van der Waals surface area contributed by atoms with Gasteiger partial charge in [0.25, 0.3) is 27.4 Å². The van der Waals surface area contributed by atoms with Gasteiger partial charge in [-0.25, -0.2) is 23.1 Å². The number of fused-ring (bicyclic) bond motifs is 1. The van der Waals surface area contributed by atoms with Crippen molar-refractivity contribution >= 4 is 85.0 Å². The fourth-order valence-corrected chi connectivity index (χ4v) is 7.49. The predicted molar refractivity (Wildman–Crippen MR) is 201 cm³/mol. The topological polar surface area (TPSA) is 166 Å². The number of aromatic nitrogens is 2. The number of anilines is 2. The number of carbonyl (C=O) groups excluding carboxylic acids is 3. The van der Waals surface area contributed by atoms with E-state index in [0.717, 1.165) is 10.6 Å². The highest BCUT2D eigenvalue weighted by molar-refractivity contribution is 7.92. The summed E-state index contributed by atoms with van der Waals surface area (Å²) < 4.78 is 41.5. The van der Waals surface area contributed by atoms with Gasteiger partial charge in [-0.2, -0.15) is 0 Å². The standard InChI is InChI=1S/C36H30Cl3N5O8S/c1-3-4-14-30-35(47)44(36(48)52-30)31(32-40-26-13-9-8-12-22(26)34(46)43(32)20-10-6-5-7-11-20)33(45)41-28-17-21(15-16-29(28)51-2)53(49,50)42-27-19-24(38)23(37)18-25(27)39/h5-13,15-19,30-31,42H,3-4,14H2,1-2H3,(H,41,45). The van der Waals surface area contributed by atoms with Crippen LogP contribution < -0.4 is 20.3 Å². The van der Waals surface area contributed by atoms with Gasteiger partial charge in [0.15, 0.2) is 12.1 Å². The summed E-state index contributed by atoms with van der Waals surface area (Å²) in [6.07, 6.45) is -0.846. The normalized spacial score (nSPS) is 15.0. The van der Waals surface area contributed by atoms with Crippen LogP contribution >= 0.6 is 34.8 Å². The molecule has 2 N–H and O–H groups in total. The van der Waals surface area contributed by atoms with Crippen molar-refractivity contribution in [1.29, 1.82) is 0 Å². The molecular weight excluding hydrogens is 769 g/mol. The van der Waals surface area contributed by atoms with Crippen LogP contribution in [0.15, 0.2) is 94.6 Å². The van der Waals surface area contributed by atoms with Crippen LogP contribution in [0.2, 0.25) is 15.1 Å². The maximum Gasteiger partial charge on any atom is 0.418 e. The molecule has 2 atom stereocenters. The molecule has 17 heteroatoms. The van der Waals surface area contributed by atoms with Gasteiger partial charge in [0.05, 0.1) is 55.0 Å². The second-order valence-electron chi connectivity index (χ2n) is 11.8. The lowest BCUT2D eigenvalue weighted by Crippen LogP contribution is -2.44. The van der Waals surface area contributed by atoms with Crippen molar-refractivity contribution in [3.63, 3.8) is 0 Å². The van der Waals surface area contributed by atoms with Crippen LogP contribution in [0.5, 0.6) is 5.75 Å². The molecule has 2 unspecified atom stereocenters. The number of unbranched alkanes of at least 4 members (excludes halogenated alkanes) is 1. The second-order valence-corrected chi connectivity index (χ2v) is 14.7. The summed E-state index contributed by atoms with van der Waals surface area (Å²) in [5.74, 6) is -2.10. The number of sulfonamides is 1. The largest absolute Gasteiger partial charge is 0.495 e. The first-order valence-corrected chi connectivity index (χ1v) is 18.7. The summed E-state index contributed by atoms with van der Waals surface area (Å²) in [5, 5.41) is 2.95. The van der Waals surface area contributed by atoms with Crippen molar-refractivity contribution in [3.8, 4) is 11.4 Å². The Morgan fingerprint density at radius 2 is 1.62 bits per heavy atom. The van der Waals surface area contributed by atoms with Crippen molar-refractivity contribution in [2.24, 2.45) is 0 Å². The fraction of sp³-hybridized carbons (Fsp3) is 0.194. The number of benzene rings is 4. The summed E-state index contributed by atoms with van der Waals surface area (Å²) in [4.78, 5) is 61.2. The molecular formula is C36H30Cl3N5O8S. The molecule has 5 aromatic rings. The first kappa shape index (κ1) is 37.6. The van der Waals surface area contributed by atoms with Gasteiger partial charge >= 0.3 is 6.09 Å². The third kappa shape index (κ3) is 7.53. The van der Waals surface area contributed by atoms with Crippen molar-refractivity contribution in [2.45, 2.75) is 43.2 Å². The number of cyclic esters (lactones) is 1. The highest BCUT2D eigenvalue weighted by Gasteiger charge is 2.49. The average Bonchev–Trinajstić information content (AvgIpc) is 3.41. The Hall–Kier alpha value is -5.15. The van der Waals surface area contributed by atoms with Crippen LogP contribution in [0, 0.1) is 0 Å². The molecule has 6 rings (SSSR count). The van der Waals surface area contributed by atoms with E-state index in [1.54, 1.807) is 54.6 Å². The number of nitrogens with zero attached hydrogens (tertiary/aromatic N) is 3. The van der Waals surface area contributed by atoms with Crippen LogP contribution in [-0.2, 0) is 24.3 Å². The second kappa shape index (κ2) is 15.4. The number of imide groups is 1. The first-order chi connectivity index (χ1) is 25.3. The number of nitrogens with one attached hydrogen (secondary N) is 2. The van der Waals surface area contributed by atoms with Crippen LogP contribution in [0.4, 0.5) is 16.2 Å². The summed E-state index contributed by atoms with van der Waals surface area (Å²) in [6.45, 7) is 1.91. The SMILES string of the molecule is CCCCC1OC(=O)N(C(C(=O)Nc2cc(S(=O)(=O)Nc3cc(Cl)c(Cl)cc3Cl)ccc2OC)c2nc3ccccc3c(=O)n2-c2ccccc2)C1=O. The average molecular weight is 799 g/mol. The van der Waals surface area contributed by atoms with E-state index < -0.39 is 45.6 Å². The van der Waals surface area contributed by atoms with E-state index in [1.807, 2.05) is 6.92 Å². The summed E-state index contributed by atoms with van der Waals surface area (Å²) >= 11 is 18.3. The lowest BCUT2D eigenvalue weighted by Gasteiger charge is -2.26. The van der Waals surface area contributed by atoms with E-state index in [4.69, 9.17) is 44.3 Å². The lowest BCUT2D eigenvalue weighted by molar-refractivity contribution is -0.135. The number of carbonyl (C=O) groups is 3. The number of methoxy groups -OCH3 is 1. The Morgan fingerprint density at radius 1 is 0.925 bits per heavy atom. The molecule has 0 radical (unpaired) electrons. The zero-order valence-electron chi connectivity index (χ0n) is 28.0. The van der Waals surface area contributed by atoms with E-state index in [1.165, 1.54) is 31.4 Å². The van der Waals surface area contributed by atoms with E-state index in [9.17, 15) is 27.6 Å². The molecule has 0 saturated carbocycles. The fourth-order valence-electron chi connectivity index (χ4n) is 5.75. The lowest BCUT2D eigenvalue weighted by atomic mass is 10.1. The number of ether oxygens (including phenoxy) is 2. The van der Waals surface area contributed by atoms with E-state index in [2.05, 4.69) is 15.0 Å². The van der Waals surface area contributed by atoms with Gasteiger partial charge in [-0.15, -0.1) is 0 Å². The summed E-state index contributed by atoms with van der Waals surface area (Å²) in [7, 11) is -3.09. The smallest absolute Gasteiger partial charge is 0.418 e. The number of para-hydroxylation sites is 2. The van der Waals surface area contributed by atoms with Gasteiger partial charge < -0.3 is 14.8 Å². The quantitative estimate of drug-likeness (QED) is 0.123. The first-order valence-electron chi connectivity index (χ1n) is 16.1. The number of hydrogen-bond acceptors (Lipinski definition) is 9. The van der Waals surface area contributed by atoms with Crippen molar-refractivity contribution in [1.82, 2.24) is 14.5 Å². The van der Waals surface area contributed by atoms with E-state index >= 15 is 0 Å². The molecule has 0 bridgehead atoms. The van der Waals surface area contributed by atoms with Gasteiger partial charge in [0.2, 0.25) is 0 Å². The monoisotopic (exact) mass is 797 g/mol. The molecule has 1 fully saturated rings. The van der Waals surface area contributed by atoms with Crippen LogP contribution in [0.3, 0.4) is 0 Å². The molecule has 274 valence electrons.